The van der Waals surface area contributed by atoms with Gasteiger partial charge in [-0.25, -0.2) is 4.57 Å². The van der Waals surface area contributed by atoms with Gasteiger partial charge in [-0.05, 0) is 6.07 Å². The zero-order valence-electron chi connectivity index (χ0n) is 18.0. The Morgan fingerprint density at radius 1 is 1.46 bits per heavy atom. The number of β-lactam (4-membered cyclic amide) rings is 1. The van der Waals surface area contributed by atoms with Crippen LogP contribution in [0.2, 0.25) is 0 Å². The van der Waals surface area contributed by atoms with Crippen LogP contribution in [0.4, 0.5) is 5.13 Å². The molecule has 1 saturated heterocycles. The molecule has 14 nitrogen and oxygen atoms in total. The minimum absolute atomic E-state index is 0.0457. The summed E-state index contributed by atoms with van der Waals surface area (Å²) in [5.41, 5.74) is 6.39. The van der Waals surface area contributed by atoms with Crippen LogP contribution in [0, 0.1) is 0 Å². The highest BCUT2D eigenvalue weighted by molar-refractivity contribution is 8.00. The fourth-order valence-corrected chi connectivity index (χ4v) is 5.66. The third-order valence-electron chi connectivity index (χ3n) is 5.38. The van der Waals surface area contributed by atoms with E-state index in [4.69, 9.17) is 10.6 Å². The Balaban J connectivity index is 1.37. The number of thioether (sulfide) groups is 1. The Hall–Kier alpha value is -4.05. The third kappa shape index (κ3) is 3.95. The largest absolute Gasteiger partial charge is 0.543 e. The molecule has 0 radical (unpaired) electrons. The van der Waals surface area contributed by atoms with E-state index in [0.717, 1.165) is 22.1 Å². The van der Waals surface area contributed by atoms with Crippen LogP contribution in [-0.2, 0) is 25.8 Å². The second kappa shape index (κ2) is 8.95. The number of rotatable bonds is 7. The van der Waals surface area contributed by atoms with Gasteiger partial charge in [0.1, 0.15) is 31.3 Å². The summed E-state index contributed by atoms with van der Waals surface area (Å²) in [6.45, 7) is 0.230. The van der Waals surface area contributed by atoms with Crippen molar-refractivity contribution in [3.8, 4) is 0 Å². The zero-order valence-corrected chi connectivity index (χ0v) is 19.7. The monoisotopic (exact) mass is 515 g/mol. The highest BCUT2D eigenvalue weighted by Gasteiger charge is 2.53. The van der Waals surface area contributed by atoms with Crippen LogP contribution in [0.25, 0.3) is 5.65 Å². The van der Waals surface area contributed by atoms with Gasteiger partial charge in [-0.15, -0.1) is 16.3 Å². The number of anilines is 1. The number of aliphatic carboxylic acids is 1. The third-order valence-corrected chi connectivity index (χ3v) is 7.26. The molecule has 2 aliphatic heterocycles. The maximum absolute atomic E-state index is 13.0. The number of aromatic nitrogens is 5. The lowest BCUT2D eigenvalue weighted by Gasteiger charge is -2.50. The predicted octanol–water partition coefficient (Wildman–Crippen LogP) is -2.49. The minimum Gasteiger partial charge on any atom is -0.543 e. The Bertz CT molecular complexity index is 1410. The van der Waals surface area contributed by atoms with E-state index in [1.54, 1.807) is 29.2 Å². The van der Waals surface area contributed by atoms with Gasteiger partial charge in [0.25, 0.3) is 11.8 Å². The number of nitrogens with two attached hydrogens (primary N) is 1. The first-order valence-electron chi connectivity index (χ1n) is 10.1. The standard InChI is InChI=1S/C19H17N9O5S2/c1-33-24-11(14-23-19(20)35-25-14)15(29)22-12-16(30)28-13(18(31)32)9(8-34-17(12)28)7-26-5-6-27-10(26)3-2-4-21-27/h2-6,12,17H,7-8H2,1H3,(H3-,20,22,23,25,29,31,32)/b24-11+/t12-,17+/m0/s1. The molecule has 0 aromatic carbocycles. The molecule has 180 valence electrons. The first kappa shape index (κ1) is 22.7. The molecule has 35 heavy (non-hydrogen) atoms. The number of carboxylic acids is 1. The summed E-state index contributed by atoms with van der Waals surface area (Å²) < 4.78 is 7.43. The van der Waals surface area contributed by atoms with Gasteiger partial charge in [-0.3, -0.25) is 14.5 Å². The van der Waals surface area contributed by atoms with Crippen molar-refractivity contribution in [2.45, 2.75) is 18.0 Å². The fraction of sp³-hybridized carbons (Fsp3) is 0.263. The summed E-state index contributed by atoms with van der Waals surface area (Å²) in [6.07, 6.45) is 5.16. The molecule has 3 aromatic rings. The van der Waals surface area contributed by atoms with Gasteiger partial charge >= 0.3 is 5.65 Å². The van der Waals surface area contributed by atoms with Crippen molar-refractivity contribution >= 4 is 57.6 Å². The Labute approximate surface area is 205 Å². The summed E-state index contributed by atoms with van der Waals surface area (Å²) >= 11 is 2.21. The molecule has 0 aliphatic carbocycles. The molecule has 0 unspecified atom stereocenters. The zero-order chi connectivity index (χ0) is 24.7. The van der Waals surface area contributed by atoms with Crippen LogP contribution < -0.4 is 20.7 Å². The molecular formula is C19H17N9O5S2. The number of carboxylic acid groups (broad SMARTS) is 1. The number of nitrogens with zero attached hydrogens (tertiary/aromatic N) is 7. The Morgan fingerprint density at radius 2 is 2.29 bits per heavy atom. The molecule has 3 N–H and O–H groups in total. The Kier molecular flexibility index (Phi) is 5.81. The number of carbonyl (C=O) groups excluding carboxylic acids is 3. The van der Waals surface area contributed by atoms with Crippen LogP contribution in [0.3, 0.4) is 0 Å². The van der Waals surface area contributed by atoms with Crippen molar-refractivity contribution in [1.29, 1.82) is 0 Å². The molecule has 2 atom stereocenters. The van der Waals surface area contributed by atoms with Crippen molar-refractivity contribution in [2.24, 2.45) is 5.16 Å². The number of amides is 2. The molecule has 5 rings (SSSR count). The fourth-order valence-electron chi connectivity index (χ4n) is 3.89. The lowest BCUT2D eigenvalue weighted by Crippen LogP contribution is -2.71. The lowest BCUT2D eigenvalue weighted by atomic mass is 10.0. The van der Waals surface area contributed by atoms with E-state index in [1.807, 2.05) is 10.6 Å². The number of nitrogen functional groups attached to an aromatic ring is 1. The second-order valence-corrected chi connectivity index (χ2v) is 9.32. The van der Waals surface area contributed by atoms with Crippen LogP contribution in [0.15, 0.2) is 47.1 Å². The van der Waals surface area contributed by atoms with Crippen molar-refractivity contribution in [3.05, 3.63) is 47.8 Å². The second-order valence-electron chi connectivity index (χ2n) is 7.43. The van der Waals surface area contributed by atoms with Gasteiger partial charge in [-0.2, -0.15) is 9.36 Å². The maximum atomic E-state index is 13.0. The van der Waals surface area contributed by atoms with Crippen LogP contribution >= 0.6 is 23.3 Å². The van der Waals surface area contributed by atoms with E-state index in [0.29, 0.717) is 11.3 Å². The van der Waals surface area contributed by atoms with E-state index in [1.165, 1.54) is 18.9 Å². The minimum atomic E-state index is -1.46. The summed E-state index contributed by atoms with van der Waals surface area (Å²) in [5, 5.41) is 22.0. The maximum Gasteiger partial charge on any atom is 0.307 e. The van der Waals surface area contributed by atoms with Gasteiger partial charge in [0.2, 0.25) is 11.5 Å². The molecule has 0 spiro atoms. The van der Waals surface area contributed by atoms with Gasteiger partial charge in [0.15, 0.2) is 11.3 Å². The number of carbonyl (C=O) groups is 3. The summed E-state index contributed by atoms with van der Waals surface area (Å²) in [7, 11) is 1.25. The summed E-state index contributed by atoms with van der Waals surface area (Å²) in [6, 6.07) is 2.64. The van der Waals surface area contributed by atoms with Crippen molar-refractivity contribution < 1.29 is 28.9 Å². The van der Waals surface area contributed by atoms with Crippen molar-refractivity contribution in [2.75, 3.05) is 18.6 Å². The first-order valence-corrected chi connectivity index (χ1v) is 11.9. The van der Waals surface area contributed by atoms with E-state index < -0.39 is 29.2 Å². The molecule has 16 heteroatoms. The normalized spacial score (nSPS) is 20.0. The lowest BCUT2D eigenvalue weighted by molar-refractivity contribution is -0.662. The first-order chi connectivity index (χ1) is 16.9. The molecule has 2 amide bonds. The smallest absolute Gasteiger partial charge is 0.307 e. The van der Waals surface area contributed by atoms with Gasteiger partial charge in [0.05, 0.1) is 17.9 Å². The van der Waals surface area contributed by atoms with Gasteiger partial charge in [-0.1, -0.05) is 10.3 Å². The van der Waals surface area contributed by atoms with E-state index in [9.17, 15) is 19.5 Å². The van der Waals surface area contributed by atoms with Crippen LogP contribution in [0.1, 0.15) is 5.82 Å². The number of hydrogen-bond donors (Lipinski definition) is 2. The van der Waals surface area contributed by atoms with Crippen molar-refractivity contribution in [1.82, 2.24) is 29.2 Å². The molecular weight excluding hydrogens is 498 g/mol. The molecule has 3 aromatic heterocycles. The molecule has 5 heterocycles. The molecule has 2 aliphatic rings. The van der Waals surface area contributed by atoms with Crippen molar-refractivity contribution in [3.63, 3.8) is 0 Å². The molecule has 0 bridgehead atoms. The Morgan fingerprint density at radius 3 is 3.00 bits per heavy atom. The van der Waals surface area contributed by atoms with E-state index in [2.05, 4.69) is 24.9 Å². The average molecular weight is 516 g/mol. The summed E-state index contributed by atoms with van der Waals surface area (Å²) in [5.74, 6) is -2.53. The number of fused-ring (bicyclic) bond motifs is 2. The number of nitrogens with one attached hydrogen (secondary N) is 1. The highest BCUT2D eigenvalue weighted by Crippen LogP contribution is 2.40. The average Bonchev–Trinajstić information content (AvgIpc) is 3.46. The number of hydrogen-bond acceptors (Lipinski definition) is 12. The van der Waals surface area contributed by atoms with Crippen LogP contribution in [0.5, 0.6) is 0 Å². The van der Waals surface area contributed by atoms with Gasteiger partial charge < -0.3 is 25.8 Å². The number of oxime groups is 1. The van der Waals surface area contributed by atoms with E-state index in [-0.39, 0.29) is 28.9 Å². The summed E-state index contributed by atoms with van der Waals surface area (Å²) in [4.78, 5) is 47.6. The highest BCUT2D eigenvalue weighted by atomic mass is 32.2. The number of imidazole rings is 1. The quantitative estimate of drug-likeness (QED) is 0.148. The van der Waals surface area contributed by atoms with E-state index >= 15 is 0 Å². The molecule has 1 fully saturated rings. The predicted molar refractivity (Wildman–Crippen MR) is 120 cm³/mol. The topological polar surface area (TPSA) is 184 Å². The van der Waals surface area contributed by atoms with Crippen LogP contribution in [-0.4, -0.2) is 71.6 Å². The SMILES string of the molecule is CO/N=C(/C(=O)N[C@H]1C(=O)N2C(C(=O)[O-])=C(C[n+]3ccn4ncccc43)CS[C@H]12)c1nsc(N)n1. The van der Waals surface area contributed by atoms with Gasteiger partial charge in [0, 0.05) is 28.9 Å². The molecule has 0 saturated carbocycles.